The number of aromatic nitrogens is 1. The first-order valence-corrected chi connectivity index (χ1v) is 7.11. The number of methoxy groups -OCH3 is 1. The van der Waals surface area contributed by atoms with Crippen LogP contribution in [-0.2, 0) is 16.1 Å². The second-order valence-corrected chi connectivity index (χ2v) is 5.18. The maximum atomic E-state index is 11.3. The molecule has 0 amide bonds. The summed E-state index contributed by atoms with van der Waals surface area (Å²) < 4.78 is 10.5. The molecule has 1 aromatic rings. The SMILES string of the molecule is COC(=O)c1ccc(COC2CCCCCC2N)nc1. The average molecular weight is 278 g/mol. The van der Waals surface area contributed by atoms with E-state index in [0.29, 0.717) is 12.2 Å². The minimum Gasteiger partial charge on any atom is -0.465 e. The van der Waals surface area contributed by atoms with Gasteiger partial charge in [0.05, 0.1) is 31.1 Å². The van der Waals surface area contributed by atoms with Crippen LogP contribution in [0.25, 0.3) is 0 Å². The van der Waals surface area contributed by atoms with Crippen molar-refractivity contribution in [3.8, 4) is 0 Å². The van der Waals surface area contributed by atoms with Gasteiger partial charge in [-0.05, 0) is 25.0 Å². The van der Waals surface area contributed by atoms with Crippen molar-refractivity contribution < 1.29 is 14.3 Å². The smallest absolute Gasteiger partial charge is 0.339 e. The first-order valence-electron chi connectivity index (χ1n) is 7.11. The Balaban J connectivity index is 1.88. The van der Waals surface area contributed by atoms with Gasteiger partial charge in [-0.3, -0.25) is 4.98 Å². The normalized spacial score (nSPS) is 23.1. The van der Waals surface area contributed by atoms with Crippen LogP contribution in [0, 0.1) is 0 Å². The van der Waals surface area contributed by atoms with Crippen LogP contribution in [-0.4, -0.2) is 30.2 Å². The second-order valence-electron chi connectivity index (χ2n) is 5.18. The van der Waals surface area contributed by atoms with E-state index < -0.39 is 0 Å². The highest BCUT2D eigenvalue weighted by Gasteiger charge is 2.21. The van der Waals surface area contributed by atoms with Crippen molar-refractivity contribution in [3.05, 3.63) is 29.6 Å². The van der Waals surface area contributed by atoms with Crippen LogP contribution >= 0.6 is 0 Å². The molecule has 0 spiro atoms. The van der Waals surface area contributed by atoms with Crippen molar-refractivity contribution in [2.24, 2.45) is 5.73 Å². The molecule has 2 atom stereocenters. The van der Waals surface area contributed by atoms with Crippen LogP contribution < -0.4 is 5.73 Å². The van der Waals surface area contributed by atoms with E-state index in [2.05, 4.69) is 9.72 Å². The zero-order valence-corrected chi connectivity index (χ0v) is 11.9. The average Bonchev–Trinajstić information content (AvgIpc) is 2.69. The van der Waals surface area contributed by atoms with Crippen LogP contribution in [0.5, 0.6) is 0 Å². The number of carbonyl (C=O) groups is 1. The number of rotatable bonds is 4. The maximum Gasteiger partial charge on any atom is 0.339 e. The quantitative estimate of drug-likeness (QED) is 0.674. The Morgan fingerprint density at radius 2 is 2.15 bits per heavy atom. The number of pyridine rings is 1. The molecule has 0 aliphatic heterocycles. The van der Waals surface area contributed by atoms with Gasteiger partial charge in [-0.2, -0.15) is 0 Å². The van der Waals surface area contributed by atoms with Gasteiger partial charge in [-0.25, -0.2) is 4.79 Å². The zero-order valence-electron chi connectivity index (χ0n) is 11.9. The molecule has 5 heteroatoms. The molecule has 2 unspecified atom stereocenters. The van der Waals surface area contributed by atoms with Crippen LogP contribution in [0.2, 0.25) is 0 Å². The fraction of sp³-hybridized carbons (Fsp3) is 0.600. The van der Waals surface area contributed by atoms with Gasteiger partial charge >= 0.3 is 5.97 Å². The highest BCUT2D eigenvalue weighted by Crippen LogP contribution is 2.20. The summed E-state index contributed by atoms with van der Waals surface area (Å²) in [7, 11) is 1.35. The molecule has 0 radical (unpaired) electrons. The lowest BCUT2D eigenvalue weighted by Crippen LogP contribution is -2.35. The van der Waals surface area contributed by atoms with Gasteiger partial charge < -0.3 is 15.2 Å². The van der Waals surface area contributed by atoms with Crippen molar-refractivity contribution in [3.63, 3.8) is 0 Å². The number of carbonyl (C=O) groups excluding carboxylic acids is 1. The lowest BCUT2D eigenvalue weighted by molar-refractivity contribution is 0.0178. The molecule has 1 aliphatic rings. The number of nitrogens with two attached hydrogens (primary N) is 1. The number of hydrogen-bond donors (Lipinski definition) is 1. The van der Waals surface area contributed by atoms with Gasteiger partial charge in [-0.15, -0.1) is 0 Å². The molecule has 1 heterocycles. The first kappa shape index (κ1) is 14.9. The first-order chi connectivity index (χ1) is 9.70. The van der Waals surface area contributed by atoms with E-state index in [-0.39, 0.29) is 18.1 Å². The topological polar surface area (TPSA) is 74.4 Å². The summed E-state index contributed by atoms with van der Waals surface area (Å²) in [5.41, 5.74) is 7.37. The number of hydrogen-bond acceptors (Lipinski definition) is 5. The third kappa shape index (κ3) is 4.02. The lowest BCUT2D eigenvalue weighted by Gasteiger charge is -2.21. The van der Waals surface area contributed by atoms with E-state index in [1.165, 1.54) is 32.6 Å². The predicted molar refractivity (Wildman–Crippen MR) is 75.2 cm³/mol. The van der Waals surface area contributed by atoms with Gasteiger partial charge in [-0.1, -0.05) is 19.3 Å². The minimum atomic E-state index is -0.379. The lowest BCUT2D eigenvalue weighted by atomic mass is 10.1. The Labute approximate surface area is 119 Å². The predicted octanol–water partition coefficient (Wildman–Crippen LogP) is 2.04. The van der Waals surface area contributed by atoms with Crippen LogP contribution in [0.3, 0.4) is 0 Å². The largest absolute Gasteiger partial charge is 0.465 e. The summed E-state index contributed by atoms with van der Waals surface area (Å²) in [6.07, 6.45) is 7.26. The summed E-state index contributed by atoms with van der Waals surface area (Å²) in [4.78, 5) is 15.5. The van der Waals surface area contributed by atoms with Crippen LogP contribution in [0.15, 0.2) is 18.3 Å². The summed E-state index contributed by atoms with van der Waals surface area (Å²) >= 11 is 0. The fourth-order valence-electron chi connectivity index (χ4n) is 2.45. The van der Waals surface area contributed by atoms with E-state index in [4.69, 9.17) is 10.5 Å². The highest BCUT2D eigenvalue weighted by atomic mass is 16.5. The van der Waals surface area contributed by atoms with Crippen LogP contribution in [0.1, 0.15) is 48.2 Å². The van der Waals surface area contributed by atoms with Crippen LogP contribution in [0.4, 0.5) is 0 Å². The minimum absolute atomic E-state index is 0.111. The molecule has 5 nitrogen and oxygen atoms in total. The zero-order chi connectivity index (χ0) is 14.4. The van der Waals surface area contributed by atoms with E-state index in [1.807, 2.05) is 0 Å². The Morgan fingerprint density at radius 1 is 1.35 bits per heavy atom. The maximum absolute atomic E-state index is 11.3. The van der Waals surface area contributed by atoms with E-state index >= 15 is 0 Å². The summed E-state index contributed by atoms with van der Waals surface area (Å²) in [5, 5.41) is 0. The summed E-state index contributed by atoms with van der Waals surface area (Å²) in [6, 6.07) is 3.60. The standard InChI is InChI=1S/C15H22N2O3/c1-19-15(18)11-7-8-12(17-9-11)10-20-14-6-4-2-3-5-13(14)16/h7-9,13-14H,2-6,10,16H2,1H3. The fourth-order valence-corrected chi connectivity index (χ4v) is 2.45. The molecule has 110 valence electrons. The Hall–Kier alpha value is -1.46. The summed E-state index contributed by atoms with van der Waals surface area (Å²) in [6.45, 7) is 0.430. The third-order valence-electron chi connectivity index (χ3n) is 3.69. The monoisotopic (exact) mass is 278 g/mol. The molecular weight excluding hydrogens is 256 g/mol. The molecule has 0 saturated heterocycles. The second kappa shape index (κ2) is 7.36. The molecule has 1 aliphatic carbocycles. The van der Waals surface area contributed by atoms with E-state index in [1.54, 1.807) is 12.1 Å². The molecule has 20 heavy (non-hydrogen) atoms. The number of nitrogens with zero attached hydrogens (tertiary/aromatic N) is 1. The molecule has 0 aromatic carbocycles. The van der Waals surface area contributed by atoms with Gasteiger partial charge in [0.15, 0.2) is 0 Å². The van der Waals surface area contributed by atoms with Crippen molar-refractivity contribution >= 4 is 5.97 Å². The molecule has 1 aromatic heterocycles. The summed E-state index contributed by atoms with van der Waals surface area (Å²) in [5.74, 6) is -0.379. The van der Waals surface area contributed by atoms with Gasteiger partial charge in [0, 0.05) is 12.2 Å². The van der Waals surface area contributed by atoms with Crippen molar-refractivity contribution in [2.75, 3.05) is 7.11 Å². The van der Waals surface area contributed by atoms with Gasteiger partial charge in [0.1, 0.15) is 0 Å². The Bertz CT molecular complexity index is 433. The molecule has 1 fully saturated rings. The highest BCUT2D eigenvalue weighted by molar-refractivity contribution is 5.88. The molecule has 2 rings (SSSR count). The van der Waals surface area contributed by atoms with Gasteiger partial charge in [0.2, 0.25) is 0 Å². The van der Waals surface area contributed by atoms with Crippen molar-refractivity contribution in [2.45, 2.75) is 50.9 Å². The van der Waals surface area contributed by atoms with Crippen molar-refractivity contribution in [1.82, 2.24) is 4.98 Å². The number of ether oxygens (including phenoxy) is 2. The molecular formula is C15H22N2O3. The number of esters is 1. The van der Waals surface area contributed by atoms with E-state index in [0.717, 1.165) is 18.5 Å². The molecule has 2 N–H and O–H groups in total. The Morgan fingerprint density at radius 3 is 2.85 bits per heavy atom. The van der Waals surface area contributed by atoms with E-state index in [9.17, 15) is 4.79 Å². The van der Waals surface area contributed by atoms with Gasteiger partial charge in [0.25, 0.3) is 0 Å². The van der Waals surface area contributed by atoms with Crippen molar-refractivity contribution in [1.29, 1.82) is 0 Å². The Kier molecular flexibility index (Phi) is 5.49. The molecule has 0 bridgehead atoms. The molecule has 1 saturated carbocycles. The third-order valence-corrected chi connectivity index (χ3v) is 3.69.